The highest BCUT2D eigenvalue weighted by atomic mass is 127. The third-order valence-corrected chi connectivity index (χ3v) is 5.23. The number of thioether (sulfide) groups is 2. The molecule has 1 heterocycles. The molecule has 6 heteroatoms. The number of hydrogen-bond donors (Lipinski definition) is 0. The average molecular weight is 323 g/mol. The molecule has 0 amide bonds. The summed E-state index contributed by atoms with van der Waals surface area (Å²) in [5.74, 6) is 0. The number of aromatic nitrogens is 1. The summed E-state index contributed by atoms with van der Waals surface area (Å²) in [5.41, 5.74) is 0. The Morgan fingerprint density at radius 2 is 2.10 bits per heavy atom. The summed E-state index contributed by atoms with van der Waals surface area (Å²) in [5, 5.41) is 0. The minimum Gasteiger partial charge on any atom is -1.00 e. The Morgan fingerprint density at radius 3 is 2.50 bits per heavy atom. The molecule has 0 aliphatic heterocycles. The Morgan fingerprint density at radius 1 is 1.40 bits per heavy atom. The first-order valence-electron chi connectivity index (χ1n) is 2.25. The van der Waals surface area contributed by atoms with Crippen LogP contribution < -0.4 is 24.0 Å². The molecule has 0 fully saturated rings. The lowest BCUT2D eigenvalue weighted by molar-refractivity contribution is -0.00000184. The zero-order valence-electron chi connectivity index (χ0n) is 5.46. The van der Waals surface area contributed by atoms with Crippen LogP contribution in [-0.4, -0.2) is 16.3 Å². The lowest BCUT2D eigenvalue weighted by Crippen LogP contribution is -3.00. The fraction of sp³-hybridized carbons (Fsp3) is 0.500. The molecule has 0 N–H and O–H groups in total. The van der Waals surface area contributed by atoms with E-state index in [1.54, 1.807) is 46.6 Å². The third-order valence-electron chi connectivity index (χ3n) is 0.778. The van der Waals surface area contributed by atoms with Gasteiger partial charge in [0.1, 0.15) is 0 Å². The van der Waals surface area contributed by atoms with Crippen LogP contribution in [0.15, 0.2) is 8.42 Å². The SMILES string of the molecule is CSc1sn[s+]c1SC.[I-]. The van der Waals surface area contributed by atoms with Crippen LogP contribution in [0.2, 0.25) is 0 Å². The number of rotatable bonds is 2. The average Bonchev–Trinajstić information content (AvgIpc) is 2.33. The fourth-order valence-corrected chi connectivity index (χ4v) is 4.17. The lowest BCUT2D eigenvalue weighted by Gasteiger charge is -1.79. The van der Waals surface area contributed by atoms with Crippen LogP contribution in [0.1, 0.15) is 0 Å². The number of hydrogen-bond acceptors (Lipinski definition) is 4. The van der Waals surface area contributed by atoms with Gasteiger partial charge in [0.05, 0.1) is 3.76 Å². The van der Waals surface area contributed by atoms with Gasteiger partial charge in [-0.3, -0.25) is 0 Å². The van der Waals surface area contributed by atoms with E-state index in [0.29, 0.717) is 0 Å². The molecule has 0 aromatic carbocycles. The second kappa shape index (κ2) is 5.99. The molecular formula is C4H6INS4. The van der Waals surface area contributed by atoms with E-state index in [1.807, 2.05) is 0 Å². The molecule has 0 radical (unpaired) electrons. The first-order chi connectivity index (χ1) is 4.38. The van der Waals surface area contributed by atoms with E-state index in [1.165, 1.54) is 8.42 Å². The molecule has 0 saturated carbocycles. The van der Waals surface area contributed by atoms with Crippen molar-refractivity contribution in [3.05, 3.63) is 0 Å². The van der Waals surface area contributed by atoms with Gasteiger partial charge in [-0.2, -0.15) is 0 Å². The molecule has 10 heavy (non-hydrogen) atoms. The van der Waals surface area contributed by atoms with Crippen molar-refractivity contribution in [3.8, 4) is 0 Å². The predicted molar refractivity (Wildman–Crippen MR) is 48.0 cm³/mol. The highest BCUT2D eigenvalue weighted by Gasteiger charge is 2.15. The Bertz CT molecular complexity index is 171. The minimum absolute atomic E-state index is 0. The van der Waals surface area contributed by atoms with Crippen molar-refractivity contribution in [1.29, 1.82) is 0 Å². The summed E-state index contributed by atoms with van der Waals surface area (Å²) in [6.07, 6.45) is 4.17. The van der Waals surface area contributed by atoms with Crippen molar-refractivity contribution in [1.82, 2.24) is 3.76 Å². The van der Waals surface area contributed by atoms with E-state index < -0.39 is 0 Å². The van der Waals surface area contributed by atoms with Gasteiger partial charge in [0.2, 0.25) is 31.5 Å². The second-order valence-corrected chi connectivity index (χ2v) is 5.17. The Kier molecular flexibility index (Phi) is 6.83. The number of halogens is 1. The van der Waals surface area contributed by atoms with Crippen molar-refractivity contribution in [2.24, 2.45) is 0 Å². The maximum absolute atomic E-state index is 4.11. The molecule has 0 unspecified atom stereocenters. The molecular weight excluding hydrogens is 317 g/mol. The normalized spacial score (nSPS) is 9.00. The van der Waals surface area contributed by atoms with Crippen LogP contribution in [0.3, 0.4) is 0 Å². The first-order valence-corrected chi connectivity index (χ1v) is 6.24. The molecule has 0 aliphatic rings. The van der Waals surface area contributed by atoms with Crippen LogP contribution in [0.4, 0.5) is 0 Å². The summed E-state index contributed by atoms with van der Waals surface area (Å²) in [6.45, 7) is 0. The topological polar surface area (TPSA) is 12.9 Å². The zero-order valence-corrected chi connectivity index (χ0v) is 10.9. The lowest BCUT2D eigenvalue weighted by atomic mass is 11.1. The van der Waals surface area contributed by atoms with Crippen molar-refractivity contribution >= 4 is 46.6 Å². The van der Waals surface area contributed by atoms with Crippen molar-refractivity contribution < 1.29 is 24.0 Å². The Labute approximate surface area is 94.3 Å². The molecule has 58 valence electrons. The van der Waals surface area contributed by atoms with Gasteiger partial charge >= 0.3 is 0 Å². The van der Waals surface area contributed by atoms with Gasteiger partial charge in [-0.1, -0.05) is 23.5 Å². The van der Waals surface area contributed by atoms with Crippen LogP contribution in [0, 0.1) is 0 Å². The molecule has 0 spiro atoms. The maximum Gasteiger partial charge on any atom is 0.236 e. The van der Waals surface area contributed by atoms with Gasteiger partial charge < -0.3 is 24.0 Å². The molecule has 0 atom stereocenters. The maximum atomic E-state index is 4.11. The van der Waals surface area contributed by atoms with Gasteiger partial charge in [-0.25, -0.2) is 0 Å². The summed E-state index contributed by atoms with van der Waals surface area (Å²) in [6, 6.07) is 0. The number of nitrogens with zero attached hydrogens (tertiary/aromatic N) is 1. The van der Waals surface area contributed by atoms with Crippen molar-refractivity contribution in [2.45, 2.75) is 8.42 Å². The predicted octanol–water partition coefficient (Wildman–Crippen LogP) is -0.0665. The highest BCUT2D eigenvalue weighted by molar-refractivity contribution is 8.04. The van der Waals surface area contributed by atoms with Crippen molar-refractivity contribution in [3.63, 3.8) is 0 Å². The summed E-state index contributed by atoms with van der Waals surface area (Å²) >= 11 is 6.71. The molecule has 0 bridgehead atoms. The Hall–Kier alpha value is 1.41. The smallest absolute Gasteiger partial charge is 0.236 e. The van der Waals surface area contributed by atoms with E-state index in [2.05, 4.69) is 16.3 Å². The van der Waals surface area contributed by atoms with Gasteiger partial charge in [-0.05, 0) is 12.5 Å². The monoisotopic (exact) mass is 323 g/mol. The highest BCUT2D eigenvalue weighted by Crippen LogP contribution is 2.34. The fourth-order valence-electron chi connectivity index (χ4n) is 0.402. The molecule has 1 aromatic heterocycles. The molecule has 1 nitrogen and oxygen atoms in total. The van der Waals surface area contributed by atoms with Gasteiger partial charge in [-0.15, -0.1) is 0 Å². The quantitative estimate of drug-likeness (QED) is 0.430. The van der Waals surface area contributed by atoms with E-state index in [0.717, 1.165) is 0 Å². The van der Waals surface area contributed by atoms with Crippen LogP contribution >= 0.6 is 46.6 Å². The minimum atomic E-state index is 0. The molecule has 0 saturated heterocycles. The Balaban J connectivity index is 0.000000810. The molecule has 1 rings (SSSR count). The van der Waals surface area contributed by atoms with Crippen molar-refractivity contribution in [2.75, 3.05) is 12.5 Å². The summed E-state index contributed by atoms with van der Waals surface area (Å²) in [4.78, 5) is 0. The molecule has 1 aromatic rings. The van der Waals surface area contributed by atoms with Crippen LogP contribution in [-0.2, 0) is 0 Å². The van der Waals surface area contributed by atoms with Crippen LogP contribution in [0.5, 0.6) is 0 Å². The first kappa shape index (κ1) is 11.4. The zero-order chi connectivity index (χ0) is 6.69. The van der Waals surface area contributed by atoms with Crippen LogP contribution in [0.25, 0.3) is 0 Å². The van der Waals surface area contributed by atoms with Gasteiger partial charge in [0.25, 0.3) is 0 Å². The largest absolute Gasteiger partial charge is 1.00 e. The standard InChI is InChI=1S/C4H6NS4.HI/c1-6-3-4(7-2)9-5-8-3;/h1-2H3;1H/q+1;/p-1. The van der Waals surface area contributed by atoms with E-state index in [9.17, 15) is 0 Å². The molecule has 0 aliphatic carbocycles. The van der Waals surface area contributed by atoms with E-state index >= 15 is 0 Å². The van der Waals surface area contributed by atoms with E-state index in [-0.39, 0.29) is 24.0 Å². The third kappa shape index (κ3) is 2.80. The second-order valence-electron chi connectivity index (χ2n) is 1.24. The van der Waals surface area contributed by atoms with Gasteiger partial charge in [0, 0.05) is 0 Å². The summed E-state index contributed by atoms with van der Waals surface area (Å²) in [7, 11) is 0. The summed E-state index contributed by atoms with van der Waals surface area (Å²) < 4.78 is 6.79. The van der Waals surface area contributed by atoms with E-state index in [4.69, 9.17) is 0 Å². The van der Waals surface area contributed by atoms with Gasteiger partial charge in [0.15, 0.2) is 0 Å².